The molecule has 0 aromatic heterocycles. The molecule has 0 aliphatic carbocycles. The quantitative estimate of drug-likeness (QED) is 0.516. The number of rotatable bonds is 7. The maximum atomic E-state index is 12.0. The van der Waals surface area contributed by atoms with Gasteiger partial charge in [-0.15, -0.1) is 0 Å². The van der Waals surface area contributed by atoms with Gasteiger partial charge in [0, 0.05) is 17.7 Å². The van der Waals surface area contributed by atoms with Crippen LogP contribution in [0.3, 0.4) is 0 Å². The zero-order valence-corrected chi connectivity index (χ0v) is 13.6. The van der Waals surface area contributed by atoms with Gasteiger partial charge in [-0.25, -0.2) is 0 Å². The van der Waals surface area contributed by atoms with E-state index in [0.29, 0.717) is 6.42 Å². The monoisotopic (exact) mass is 298 g/mol. The average Bonchev–Trinajstić information content (AvgIpc) is 2.46. The summed E-state index contributed by atoms with van der Waals surface area (Å²) in [5, 5.41) is 0. The number of benzene rings is 2. The number of hydrogen-bond acceptors (Lipinski definition) is 2. The van der Waals surface area contributed by atoms with Gasteiger partial charge in [-0.05, 0) is 31.6 Å². The summed E-state index contributed by atoms with van der Waals surface area (Å²) in [4.78, 5) is 12.0. The van der Waals surface area contributed by atoms with Gasteiger partial charge in [0.2, 0.25) is 0 Å². The van der Waals surface area contributed by atoms with Crippen molar-refractivity contribution in [3.63, 3.8) is 0 Å². The molecular weight excluding hydrogens is 276 g/mol. The van der Waals surface area contributed by atoms with Crippen LogP contribution in [0.4, 0.5) is 0 Å². The minimum absolute atomic E-state index is 0.252. The lowest BCUT2D eigenvalue weighted by molar-refractivity contribution is 0.0982. The molecule has 0 amide bonds. The Kier molecular flexibility index (Phi) is 6.06. The minimum atomic E-state index is 0.252. The minimum Gasteiger partial charge on any atom is -0.294 e. The fraction of sp³-hybridized carbons (Fsp3) is 0.316. The molecule has 2 aromatic carbocycles. The van der Waals surface area contributed by atoms with Crippen LogP contribution >= 0.6 is 11.8 Å². The van der Waals surface area contributed by atoms with Gasteiger partial charge in [0.15, 0.2) is 5.78 Å². The van der Waals surface area contributed by atoms with Crippen LogP contribution in [-0.2, 0) is 5.75 Å². The largest absolute Gasteiger partial charge is 0.294 e. The van der Waals surface area contributed by atoms with E-state index in [4.69, 9.17) is 0 Å². The Hall–Kier alpha value is -1.54. The van der Waals surface area contributed by atoms with E-state index >= 15 is 0 Å². The number of thioether (sulfide) groups is 1. The van der Waals surface area contributed by atoms with E-state index in [0.717, 1.165) is 23.5 Å². The molecule has 2 aromatic rings. The van der Waals surface area contributed by atoms with Gasteiger partial charge >= 0.3 is 0 Å². The second kappa shape index (κ2) is 8.04. The highest BCUT2D eigenvalue weighted by molar-refractivity contribution is 7.98. The Morgan fingerprint density at radius 1 is 1.00 bits per heavy atom. The zero-order valence-electron chi connectivity index (χ0n) is 12.8. The molecule has 0 atom stereocenters. The predicted octanol–water partition coefficient (Wildman–Crippen LogP) is 5.20. The van der Waals surface area contributed by atoms with E-state index in [1.54, 1.807) is 0 Å². The van der Waals surface area contributed by atoms with Gasteiger partial charge in [0.1, 0.15) is 0 Å². The van der Waals surface area contributed by atoms with E-state index in [9.17, 15) is 4.79 Å². The summed E-state index contributed by atoms with van der Waals surface area (Å²) in [6, 6.07) is 16.3. The molecule has 0 heterocycles. The van der Waals surface area contributed by atoms with Crippen molar-refractivity contribution in [3.05, 3.63) is 70.8 Å². The second-order valence-corrected chi connectivity index (χ2v) is 6.55. The van der Waals surface area contributed by atoms with E-state index in [-0.39, 0.29) is 5.78 Å². The van der Waals surface area contributed by atoms with Crippen LogP contribution in [-0.4, -0.2) is 11.5 Å². The van der Waals surface area contributed by atoms with Crippen molar-refractivity contribution in [2.75, 3.05) is 5.75 Å². The van der Waals surface area contributed by atoms with Crippen molar-refractivity contribution in [3.8, 4) is 0 Å². The van der Waals surface area contributed by atoms with Crippen LogP contribution < -0.4 is 0 Å². The molecular formula is C19H22OS. The smallest absolute Gasteiger partial charge is 0.162 e. The molecule has 0 N–H and O–H groups in total. The molecule has 0 bridgehead atoms. The summed E-state index contributed by atoms with van der Waals surface area (Å²) in [6.07, 6.45) is 1.59. The van der Waals surface area contributed by atoms with Gasteiger partial charge in [0.25, 0.3) is 0 Å². The lowest BCUT2D eigenvalue weighted by Gasteiger charge is -2.05. The van der Waals surface area contributed by atoms with Crippen molar-refractivity contribution >= 4 is 17.5 Å². The van der Waals surface area contributed by atoms with Crippen molar-refractivity contribution in [2.45, 2.75) is 32.4 Å². The fourth-order valence-corrected chi connectivity index (χ4v) is 3.34. The molecule has 2 rings (SSSR count). The summed E-state index contributed by atoms with van der Waals surface area (Å²) in [7, 11) is 0. The third-order valence-electron chi connectivity index (χ3n) is 3.34. The number of carbonyl (C=O) groups is 1. The van der Waals surface area contributed by atoms with Gasteiger partial charge < -0.3 is 0 Å². The Morgan fingerprint density at radius 3 is 2.33 bits per heavy atom. The summed E-state index contributed by atoms with van der Waals surface area (Å²) in [5.41, 5.74) is 4.86. The van der Waals surface area contributed by atoms with Crippen molar-refractivity contribution in [1.82, 2.24) is 0 Å². The molecule has 0 radical (unpaired) electrons. The van der Waals surface area contributed by atoms with Crippen molar-refractivity contribution in [2.24, 2.45) is 0 Å². The van der Waals surface area contributed by atoms with Gasteiger partial charge in [-0.1, -0.05) is 59.7 Å². The van der Waals surface area contributed by atoms with Crippen molar-refractivity contribution < 1.29 is 4.79 Å². The zero-order chi connectivity index (χ0) is 15.1. The normalized spacial score (nSPS) is 10.6. The van der Waals surface area contributed by atoms with E-state index in [1.807, 2.05) is 42.1 Å². The first-order chi connectivity index (χ1) is 10.1. The maximum absolute atomic E-state index is 12.0. The average molecular weight is 298 g/mol. The Balaban J connectivity index is 1.69. The van der Waals surface area contributed by atoms with E-state index < -0.39 is 0 Å². The van der Waals surface area contributed by atoms with Gasteiger partial charge in [-0.3, -0.25) is 4.79 Å². The number of hydrogen-bond donors (Lipinski definition) is 0. The topological polar surface area (TPSA) is 17.1 Å². The highest BCUT2D eigenvalue weighted by Gasteiger charge is 2.04. The number of Topliss-reactive ketones (excluding diaryl/α,β-unsaturated/α-hetero) is 1. The molecule has 21 heavy (non-hydrogen) atoms. The Bertz CT molecular complexity index is 570. The van der Waals surface area contributed by atoms with E-state index in [2.05, 4.69) is 32.0 Å². The molecule has 110 valence electrons. The molecule has 0 saturated carbocycles. The number of carbonyl (C=O) groups excluding carboxylic acids is 1. The van der Waals surface area contributed by atoms with Crippen LogP contribution in [0, 0.1) is 13.8 Å². The summed E-state index contributed by atoms with van der Waals surface area (Å²) < 4.78 is 0. The number of ketones is 1. The van der Waals surface area contributed by atoms with Crippen LogP contribution in [0.2, 0.25) is 0 Å². The second-order valence-electron chi connectivity index (χ2n) is 5.44. The van der Waals surface area contributed by atoms with E-state index in [1.165, 1.54) is 16.7 Å². The lowest BCUT2D eigenvalue weighted by atomic mass is 10.1. The highest BCUT2D eigenvalue weighted by atomic mass is 32.2. The van der Waals surface area contributed by atoms with Crippen LogP contribution in [0.5, 0.6) is 0 Å². The standard InChI is InChI=1S/C19H22OS/c1-15-11-16(2)13-17(12-15)14-21-10-6-9-19(20)18-7-4-3-5-8-18/h3-5,7-8,11-13H,6,9-10,14H2,1-2H3. The van der Waals surface area contributed by atoms with Crippen LogP contribution in [0.15, 0.2) is 48.5 Å². The molecule has 0 spiro atoms. The molecule has 0 aliphatic heterocycles. The molecule has 0 saturated heterocycles. The third-order valence-corrected chi connectivity index (χ3v) is 4.45. The molecule has 2 heteroatoms. The summed E-state index contributed by atoms with van der Waals surface area (Å²) >= 11 is 1.91. The SMILES string of the molecule is Cc1cc(C)cc(CSCCCC(=O)c2ccccc2)c1. The Labute approximate surface area is 131 Å². The third kappa shape index (κ3) is 5.39. The molecule has 1 nitrogen and oxygen atoms in total. The summed E-state index contributed by atoms with van der Waals surface area (Å²) in [6.45, 7) is 4.28. The fourth-order valence-electron chi connectivity index (χ4n) is 2.45. The van der Waals surface area contributed by atoms with Crippen LogP contribution in [0.25, 0.3) is 0 Å². The van der Waals surface area contributed by atoms with Gasteiger partial charge in [0.05, 0.1) is 0 Å². The maximum Gasteiger partial charge on any atom is 0.162 e. The molecule has 0 fully saturated rings. The highest BCUT2D eigenvalue weighted by Crippen LogP contribution is 2.17. The van der Waals surface area contributed by atoms with Gasteiger partial charge in [-0.2, -0.15) is 11.8 Å². The molecule has 0 unspecified atom stereocenters. The Morgan fingerprint density at radius 2 is 1.67 bits per heavy atom. The predicted molar refractivity (Wildman–Crippen MR) is 92.1 cm³/mol. The van der Waals surface area contributed by atoms with Crippen LogP contribution in [0.1, 0.15) is 39.9 Å². The lowest BCUT2D eigenvalue weighted by Crippen LogP contribution is -1.99. The first-order valence-corrected chi connectivity index (χ1v) is 8.54. The van der Waals surface area contributed by atoms with Crippen molar-refractivity contribution in [1.29, 1.82) is 0 Å². The summed E-state index contributed by atoms with van der Waals surface area (Å²) in [5.74, 6) is 2.32. The number of aryl methyl sites for hydroxylation is 2. The molecule has 0 aliphatic rings. The first kappa shape index (κ1) is 15.8. The first-order valence-electron chi connectivity index (χ1n) is 7.38.